The Labute approximate surface area is 152 Å². The van der Waals surface area contributed by atoms with Crippen molar-refractivity contribution in [2.24, 2.45) is 0 Å². The maximum atomic E-state index is 11.8. The summed E-state index contributed by atoms with van der Waals surface area (Å²) in [5, 5.41) is 0. The second kappa shape index (κ2) is 8.69. The number of hydrogen-bond acceptors (Lipinski definition) is 4. The molecule has 2 unspecified atom stereocenters. The van der Waals surface area contributed by atoms with Crippen LogP contribution in [0.1, 0.15) is 53.9 Å². The number of carbonyl (C=O) groups excluding carboxylic acids is 1. The lowest BCUT2D eigenvalue weighted by molar-refractivity contribution is -0.141. The van der Waals surface area contributed by atoms with Crippen LogP contribution in [0.15, 0.2) is 23.3 Å². The van der Waals surface area contributed by atoms with E-state index in [4.69, 9.17) is 9.47 Å². The monoisotopic (exact) mass is 345 g/mol. The lowest BCUT2D eigenvalue weighted by Gasteiger charge is -2.36. The van der Waals surface area contributed by atoms with Crippen molar-refractivity contribution in [3.8, 4) is 11.8 Å². The number of piperidine rings is 1. The molecule has 25 heavy (non-hydrogen) atoms. The van der Waals surface area contributed by atoms with Crippen molar-refractivity contribution in [3.05, 3.63) is 23.3 Å². The molecule has 0 spiro atoms. The Balaban J connectivity index is 0.00000109. The molecule has 0 amide bonds. The molecule has 4 heteroatoms. The third-order valence-corrected chi connectivity index (χ3v) is 4.48. The largest absolute Gasteiger partial charge is 0.453 e. The highest BCUT2D eigenvalue weighted by atomic mass is 16.5. The molecule has 2 atom stereocenters. The van der Waals surface area contributed by atoms with E-state index in [9.17, 15) is 4.79 Å². The van der Waals surface area contributed by atoms with Gasteiger partial charge in [0, 0.05) is 23.8 Å². The standard InChI is InChI=1S/C19H25NO3.C2H6/c1-19(2,3)22-12-6-7-14-9-11-20-10-5-4-8-16(20)18-15(14)13-17(21)23-18;1-2/h9,13,16,18H,4-5,8,10-12H2,1-3H3;1-2H3. The van der Waals surface area contributed by atoms with Crippen LogP contribution in [-0.2, 0) is 14.3 Å². The topological polar surface area (TPSA) is 38.8 Å². The van der Waals surface area contributed by atoms with Gasteiger partial charge in [0.2, 0.25) is 0 Å². The zero-order chi connectivity index (χ0) is 18.4. The van der Waals surface area contributed by atoms with Crippen LogP contribution in [0.2, 0.25) is 0 Å². The fraction of sp³-hybridized carbons (Fsp3) is 0.667. The summed E-state index contributed by atoms with van der Waals surface area (Å²) in [5.41, 5.74) is 1.68. The zero-order valence-electron chi connectivity index (χ0n) is 16.2. The summed E-state index contributed by atoms with van der Waals surface area (Å²) in [7, 11) is 0. The molecule has 0 bridgehead atoms. The second-order valence-corrected chi connectivity index (χ2v) is 7.34. The summed E-state index contributed by atoms with van der Waals surface area (Å²) < 4.78 is 11.2. The van der Waals surface area contributed by atoms with Gasteiger partial charge in [0.25, 0.3) is 0 Å². The highest BCUT2D eigenvalue weighted by Crippen LogP contribution is 2.34. The fourth-order valence-corrected chi connectivity index (χ4v) is 3.37. The first-order valence-electron chi connectivity index (χ1n) is 9.44. The van der Waals surface area contributed by atoms with E-state index < -0.39 is 0 Å². The predicted octanol–water partition coefficient (Wildman–Crippen LogP) is 3.48. The summed E-state index contributed by atoms with van der Waals surface area (Å²) in [6.07, 6.45) is 7.09. The molecule has 3 aliphatic rings. The Morgan fingerprint density at radius 3 is 2.80 bits per heavy atom. The number of rotatable bonds is 1. The minimum Gasteiger partial charge on any atom is -0.453 e. The Hall–Kier alpha value is -1.57. The van der Waals surface area contributed by atoms with Gasteiger partial charge in [-0.05, 0) is 40.2 Å². The lowest BCUT2D eigenvalue weighted by atomic mass is 9.92. The summed E-state index contributed by atoms with van der Waals surface area (Å²) in [6, 6.07) is 0.294. The van der Waals surface area contributed by atoms with Crippen LogP contribution in [0.5, 0.6) is 0 Å². The molecule has 3 aliphatic heterocycles. The van der Waals surface area contributed by atoms with Crippen LogP contribution < -0.4 is 0 Å². The van der Waals surface area contributed by atoms with Crippen molar-refractivity contribution in [2.45, 2.75) is 71.6 Å². The molecule has 4 nitrogen and oxygen atoms in total. The van der Waals surface area contributed by atoms with Crippen molar-refractivity contribution in [1.29, 1.82) is 0 Å². The molecule has 3 heterocycles. The average molecular weight is 345 g/mol. The van der Waals surface area contributed by atoms with Crippen molar-refractivity contribution in [2.75, 3.05) is 19.7 Å². The molecule has 0 aromatic rings. The first-order chi connectivity index (χ1) is 11.9. The van der Waals surface area contributed by atoms with E-state index in [1.807, 2.05) is 34.6 Å². The quantitative estimate of drug-likeness (QED) is 0.539. The fourth-order valence-electron chi connectivity index (χ4n) is 3.37. The first kappa shape index (κ1) is 19.8. The van der Waals surface area contributed by atoms with Gasteiger partial charge in [-0.1, -0.05) is 38.2 Å². The normalized spacial score (nSPS) is 25.7. The van der Waals surface area contributed by atoms with Gasteiger partial charge in [0.05, 0.1) is 11.6 Å². The minimum atomic E-state index is -0.240. The molecule has 138 valence electrons. The number of carbonyl (C=O) groups is 1. The smallest absolute Gasteiger partial charge is 0.331 e. The molecule has 1 saturated heterocycles. The maximum Gasteiger partial charge on any atom is 0.331 e. The zero-order valence-corrected chi connectivity index (χ0v) is 16.2. The second-order valence-electron chi connectivity index (χ2n) is 7.34. The Kier molecular flexibility index (Phi) is 6.87. The average Bonchev–Trinajstić information content (AvgIpc) is 2.90. The van der Waals surface area contributed by atoms with Crippen LogP contribution in [0, 0.1) is 11.8 Å². The maximum absolute atomic E-state index is 11.8. The van der Waals surface area contributed by atoms with Gasteiger partial charge in [-0.25, -0.2) is 4.79 Å². The molecule has 0 saturated carbocycles. The summed E-state index contributed by atoms with van der Waals surface area (Å²) in [5.74, 6) is 6.04. The van der Waals surface area contributed by atoms with Gasteiger partial charge in [-0.3, -0.25) is 4.90 Å². The third kappa shape index (κ3) is 5.20. The number of nitrogens with zero attached hydrogens (tertiary/aromatic N) is 1. The van der Waals surface area contributed by atoms with E-state index in [0.717, 1.165) is 30.7 Å². The van der Waals surface area contributed by atoms with Gasteiger partial charge < -0.3 is 9.47 Å². The third-order valence-electron chi connectivity index (χ3n) is 4.48. The van der Waals surface area contributed by atoms with E-state index in [1.54, 1.807) is 6.08 Å². The van der Waals surface area contributed by atoms with E-state index >= 15 is 0 Å². The van der Waals surface area contributed by atoms with Gasteiger partial charge in [0.15, 0.2) is 0 Å². The molecule has 0 N–H and O–H groups in total. The van der Waals surface area contributed by atoms with Crippen LogP contribution in [0.4, 0.5) is 0 Å². The number of esters is 1. The van der Waals surface area contributed by atoms with E-state index in [0.29, 0.717) is 12.6 Å². The number of hydrogen-bond donors (Lipinski definition) is 0. The van der Waals surface area contributed by atoms with Gasteiger partial charge in [-0.2, -0.15) is 0 Å². The van der Waals surface area contributed by atoms with Crippen LogP contribution in [0.3, 0.4) is 0 Å². The van der Waals surface area contributed by atoms with Crippen LogP contribution >= 0.6 is 0 Å². The summed E-state index contributed by atoms with van der Waals surface area (Å²) in [4.78, 5) is 14.2. The number of fused-ring (bicyclic) bond motifs is 3. The molecule has 0 radical (unpaired) electrons. The summed E-state index contributed by atoms with van der Waals surface area (Å²) >= 11 is 0. The summed E-state index contributed by atoms with van der Waals surface area (Å²) in [6.45, 7) is 12.4. The molecule has 0 aromatic carbocycles. The van der Waals surface area contributed by atoms with Crippen molar-refractivity contribution in [3.63, 3.8) is 0 Å². The van der Waals surface area contributed by atoms with Crippen LogP contribution in [-0.4, -0.2) is 48.3 Å². The number of ether oxygens (including phenoxy) is 2. The molecular formula is C21H31NO3. The predicted molar refractivity (Wildman–Crippen MR) is 100 cm³/mol. The van der Waals surface area contributed by atoms with Gasteiger partial charge >= 0.3 is 5.97 Å². The van der Waals surface area contributed by atoms with Crippen molar-refractivity contribution in [1.82, 2.24) is 4.90 Å². The Morgan fingerprint density at radius 2 is 2.08 bits per heavy atom. The van der Waals surface area contributed by atoms with Gasteiger partial charge in [0.1, 0.15) is 12.7 Å². The minimum absolute atomic E-state index is 0.158. The molecule has 0 aromatic heterocycles. The van der Waals surface area contributed by atoms with E-state index in [1.165, 1.54) is 12.8 Å². The van der Waals surface area contributed by atoms with Crippen LogP contribution in [0.25, 0.3) is 0 Å². The molecule has 0 aliphatic carbocycles. The molecule has 1 fully saturated rings. The van der Waals surface area contributed by atoms with Crippen molar-refractivity contribution < 1.29 is 14.3 Å². The molecule has 3 rings (SSSR count). The SMILES string of the molecule is CC.CC(C)(C)OCC#CC1=CCN2CCCCC2C2OC(=O)C=C12. The lowest BCUT2D eigenvalue weighted by Crippen LogP contribution is -2.46. The molecular weight excluding hydrogens is 314 g/mol. The Bertz CT molecular complexity index is 601. The van der Waals surface area contributed by atoms with Gasteiger partial charge in [-0.15, -0.1) is 0 Å². The first-order valence-corrected chi connectivity index (χ1v) is 9.44. The van der Waals surface area contributed by atoms with Crippen molar-refractivity contribution >= 4 is 5.97 Å². The highest BCUT2D eigenvalue weighted by Gasteiger charge is 2.40. The Morgan fingerprint density at radius 1 is 1.32 bits per heavy atom. The van der Waals surface area contributed by atoms with E-state index in [-0.39, 0.29) is 17.7 Å². The van der Waals surface area contributed by atoms with E-state index in [2.05, 4.69) is 22.8 Å². The highest BCUT2D eigenvalue weighted by molar-refractivity contribution is 5.88.